The summed E-state index contributed by atoms with van der Waals surface area (Å²) in [5, 5.41) is 1.78. The molecular weight excluding hydrogens is 361 g/mol. The maximum atomic E-state index is 13.5. The van der Waals surface area contributed by atoms with Crippen molar-refractivity contribution in [1.82, 2.24) is 0 Å². The maximum absolute atomic E-state index is 13.5. The highest BCUT2D eigenvalue weighted by Crippen LogP contribution is 2.23. The molecule has 0 radical (unpaired) electrons. The lowest BCUT2D eigenvalue weighted by Gasteiger charge is -2.09. The minimum Gasteiger partial charge on any atom is -0.319 e. The molecule has 0 aromatic heterocycles. The van der Waals surface area contributed by atoms with Gasteiger partial charge in [-0.15, -0.1) is 0 Å². The molecule has 110 valence electrons. The first-order chi connectivity index (χ1) is 9.79. The van der Waals surface area contributed by atoms with Crippen molar-refractivity contribution in [3.63, 3.8) is 0 Å². The molecule has 0 atom stereocenters. The second-order valence-corrected chi connectivity index (χ2v) is 4.86. The number of anilines is 1. The lowest BCUT2D eigenvalue weighted by Crippen LogP contribution is -2.17. The van der Waals surface area contributed by atoms with Crippen molar-refractivity contribution in [1.29, 1.82) is 0 Å². The first kappa shape index (κ1) is 15.4. The van der Waals surface area contributed by atoms with E-state index < -0.39 is 46.2 Å². The summed E-state index contributed by atoms with van der Waals surface area (Å²) < 4.78 is 66.2. The molecule has 0 fully saturated rings. The molecule has 0 spiro atoms. The summed E-state index contributed by atoms with van der Waals surface area (Å²) in [7, 11) is 0. The van der Waals surface area contributed by atoms with E-state index in [-0.39, 0.29) is 10.5 Å². The van der Waals surface area contributed by atoms with Gasteiger partial charge in [-0.25, -0.2) is 22.0 Å². The molecule has 0 bridgehead atoms. The normalized spacial score (nSPS) is 10.6. The molecule has 0 aliphatic rings. The second-order valence-electron chi connectivity index (χ2n) is 3.94. The molecule has 0 heterocycles. The van der Waals surface area contributed by atoms with Gasteiger partial charge in [0, 0.05) is 16.6 Å². The Morgan fingerprint density at radius 2 is 1.33 bits per heavy atom. The third-order valence-corrected chi connectivity index (χ3v) is 2.95. The van der Waals surface area contributed by atoms with E-state index in [1.54, 1.807) is 5.32 Å². The van der Waals surface area contributed by atoms with Crippen molar-refractivity contribution in [3.05, 3.63) is 63.4 Å². The van der Waals surface area contributed by atoms with Gasteiger partial charge in [0.05, 0.1) is 5.69 Å². The zero-order chi connectivity index (χ0) is 15.7. The van der Waals surface area contributed by atoms with Crippen molar-refractivity contribution >= 4 is 27.5 Å². The fraction of sp³-hybridized carbons (Fsp3) is 0. The molecule has 0 unspecified atom stereocenters. The number of carbonyl (C=O) groups is 1. The Kier molecular flexibility index (Phi) is 4.26. The fourth-order valence-electron chi connectivity index (χ4n) is 1.56. The molecule has 2 aromatic rings. The molecule has 1 N–H and O–H groups in total. The van der Waals surface area contributed by atoms with Crippen LogP contribution in [0, 0.1) is 29.1 Å². The van der Waals surface area contributed by atoms with Crippen LogP contribution in [0.4, 0.5) is 27.6 Å². The Hall–Kier alpha value is -1.96. The molecule has 2 nitrogen and oxygen atoms in total. The van der Waals surface area contributed by atoms with Crippen LogP contribution in [0.3, 0.4) is 0 Å². The molecule has 0 saturated heterocycles. The van der Waals surface area contributed by atoms with E-state index in [4.69, 9.17) is 0 Å². The van der Waals surface area contributed by atoms with E-state index in [1.807, 2.05) is 0 Å². The Balaban J connectivity index is 2.37. The molecule has 21 heavy (non-hydrogen) atoms. The van der Waals surface area contributed by atoms with Crippen molar-refractivity contribution < 1.29 is 26.7 Å². The Morgan fingerprint density at radius 3 is 1.90 bits per heavy atom. The van der Waals surface area contributed by atoms with Crippen molar-refractivity contribution in [3.8, 4) is 0 Å². The Bertz CT molecular complexity index is 712. The summed E-state index contributed by atoms with van der Waals surface area (Å²) in [6.07, 6.45) is 0. The van der Waals surface area contributed by atoms with Gasteiger partial charge in [0.1, 0.15) is 23.0 Å². The lowest BCUT2D eigenvalue weighted by atomic mass is 10.1. The van der Waals surface area contributed by atoms with E-state index in [9.17, 15) is 26.7 Å². The molecule has 0 aliphatic carbocycles. The first-order valence-corrected chi connectivity index (χ1v) is 6.19. The third kappa shape index (κ3) is 3.21. The van der Waals surface area contributed by atoms with Crippen LogP contribution >= 0.6 is 15.9 Å². The van der Waals surface area contributed by atoms with Gasteiger partial charge in [0.25, 0.3) is 5.91 Å². The van der Waals surface area contributed by atoms with Gasteiger partial charge >= 0.3 is 0 Å². The quantitative estimate of drug-likeness (QED) is 0.620. The van der Waals surface area contributed by atoms with E-state index in [0.29, 0.717) is 6.07 Å². The van der Waals surface area contributed by atoms with Crippen molar-refractivity contribution in [2.75, 3.05) is 5.32 Å². The van der Waals surface area contributed by atoms with Gasteiger partial charge in [0.2, 0.25) is 0 Å². The first-order valence-electron chi connectivity index (χ1n) is 5.40. The molecule has 0 aliphatic heterocycles. The number of carbonyl (C=O) groups excluding carboxylic acids is 1. The van der Waals surface area contributed by atoms with Crippen LogP contribution in [0.1, 0.15) is 10.4 Å². The molecular formula is C13H5BrF5NO. The summed E-state index contributed by atoms with van der Waals surface area (Å²) in [5.41, 5.74) is -1.71. The van der Waals surface area contributed by atoms with Crippen LogP contribution in [-0.2, 0) is 0 Å². The summed E-state index contributed by atoms with van der Waals surface area (Å²) in [6.45, 7) is 0. The van der Waals surface area contributed by atoms with Gasteiger partial charge < -0.3 is 5.32 Å². The average Bonchev–Trinajstić information content (AvgIpc) is 2.34. The van der Waals surface area contributed by atoms with Gasteiger partial charge in [-0.1, -0.05) is 15.9 Å². The third-order valence-electron chi connectivity index (χ3n) is 2.49. The number of hydrogen-bond acceptors (Lipinski definition) is 1. The smallest absolute Gasteiger partial charge is 0.261 e. The highest BCUT2D eigenvalue weighted by atomic mass is 79.9. The van der Waals surface area contributed by atoms with Crippen molar-refractivity contribution in [2.24, 2.45) is 0 Å². The SMILES string of the molecule is O=C(Nc1cc(F)c(F)cc1F)c1c(F)cc(Br)cc1F. The summed E-state index contributed by atoms with van der Waals surface area (Å²) >= 11 is 2.83. The van der Waals surface area contributed by atoms with Gasteiger partial charge in [-0.2, -0.15) is 0 Å². The number of hydrogen-bond donors (Lipinski definition) is 1. The predicted octanol–water partition coefficient (Wildman–Crippen LogP) is 4.40. The Morgan fingerprint density at radius 1 is 0.810 bits per heavy atom. The second kappa shape index (κ2) is 5.80. The minimum absolute atomic E-state index is 0.0630. The zero-order valence-electron chi connectivity index (χ0n) is 9.99. The van der Waals surface area contributed by atoms with Crippen LogP contribution in [0.15, 0.2) is 28.7 Å². The summed E-state index contributed by atoms with van der Waals surface area (Å²) in [6, 6.07) is 2.25. The zero-order valence-corrected chi connectivity index (χ0v) is 11.6. The number of halogens is 6. The highest BCUT2D eigenvalue weighted by molar-refractivity contribution is 9.10. The van der Waals surface area contributed by atoms with Crippen LogP contribution in [0.2, 0.25) is 0 Å². The van der Waals surface area contributed by atoms with Crippen LogP contribution in [0.25, 0.3) is 0 Å². The van der Waals surface area contributed by atoms with Crippen LogP contribution in [-0.4, -0.2) is 5.91 Å². The maximum Gasteiger partial charge on any atom is 0.261 e. The fourth-order valence-corrected chi connectivity index (χ4v) is 1.96. The molecule has 0 saturated carbocycles. The number of benzene rings is 2. The largest absolute Gasteiger partial charge is 0.319 e. The number of nitrogens with one attached hydrogen (secondary N) is 1. The number of rotatable bonds is 2. The molecule has 2 aromatic carbocycles. The average molecular weight is 366 g/mol. The molecule has 1 amide bonds. The number of amides is 1. The van der Waals surface area contributed by atoms with Crippen LogP contribution in [0.5, 0.6) is 0 Å². The predicted molar refractivity (Wildman–Crippen MR) is 68.3 cm³/mol. The topological polar surface area (TPSA) is 29.1 Å². The lowest BCUT2D eigenvalue weighted by molar-refractivity contribution is 0.101. The van der Waals surface area contributed by atoms with Gasteiger partial charge in [-0.05, 0) is 12.1 Å². The van der Waals surface area contributed by atoms with E-state index >= 15 is 0 Å². The van der Waals surface area contributed by atoms with E-state index in [1.165, 1.54) is 0 Å². The molecule has 8 heteroatoms. The summed E-state index contributed by atoms with van der Waals surface area (Å²) in [4.78, 5) is 11.7. The van der Waals surface area contributed by atoms with Crippen LogP contribution < -0.4 is 5.32 Å². The van der Waals surface area contributed by atoms with E-state index in [0.717, 1.165) is 12.1 Å². The Labute approximate surface area is 123 Å². The molecule has 2 rings (SSSR count). The van der Waals surface area contributed by atoms with Gasteiger partial charge in [0.15, 0.2) is 11.6 Å². The summed E-state index contributed by atoms with van der Waals surface area (Å²) in [5.74, 6) is -7.86. The highest BCUT2D eigenvalue weighted by Gasteiger charge is 2.20. The van der Waals surface area contributed by atoms with Gasteiger partial charge in [-0.3, -0.25) is 4.79 Å². The minimum atomic E-state index is -1.45. The standard InChI is InChI=1S/C13H5BrF5NO/c14-5-1-9(18)12(10(19)2-5)13(21)20-11-4-7(16)6(15)3-8(11)17/h1-4H,(H,20,21). The monoisotopic (exact) mass is 365 g/mol. The van der Waals surface area contributed by atoms with Crippen molar-refractivity contribution in [2.45, 2.75) is 0 Å². The van der Waals surface area contributed by atoms with E-state index in [2.05, 4.69) is 15.9 Å².